The summed E-state index contributed by atoms with van der Waals surface area (Å²) in [6, 6.07) is 6.23. The van der Waals surface area contributed by atoms with Gasteiger partial charge in [-0.25, -0.2) is 4.39 Å². The van der Waals surface area contributed by atoms with Crippen LogP contribution in [-0.2, 0) is 11.3 Å². The first-order chi connectivity index (χ1) is 7.52. The van der Waals surface area contributed by atoms with Crippen LogP contribution >= 0.6 is 0 Å². The Morgan fingerprint density at radius 1 is 1.44 bits per heavy atom. The Kier molecular flexibility index (Phi) is 4.43. The van der Waals surface area contributed by atoms with Gasteiger partial charge >= 0.3 is 0 Å². The van der Waals surface area contributed by atoms with E-state index in [1.165, 1.54) is 11.0 Å². The van der Waals surface area contributed by atoms with Gasteiger partial charge in [0.05, 0.1) is 6.04 Å². The first-order valence-electron chi connectivity index (χ1n) is 5.20. The van der Waals surface area contributed by atoms with Crippen molar-refractivity contribution >= 4 is 5.91 Å². The van der Waals surface area contributed by atoms with E-state index in [1.54, 1.807) is 39.2 Å². The SMILES string of the molecule is C[C@@H](NCc1ccccc1F)C(=O)N(C)C. The van der Waals surface area contributed by atoms with Crippen LogP contribution in [0.1, 0.15) is 12.5 Å². The maximum atomic E-state index is 13.3. The van der Waals surface area contributed by atoms with E-state index in [-0.39, 0.29) is 17.8 Å². The van der Waals surface area contributed by atoms with Crippen molar-refractivity contribution in [3.05, 3.63) is 35.6 Å². The molecule has 0 spiro atoms. The van der Waals surface area contributed by atoms with Gasteiger partial charge in [-0.05, 0) is 13.0 Å². The third-order valence-corrected chi connectivity index (χ3v) is 2.37. The number of amides is 1. The second kappa shape index (κ2) is 5.61. The molecule has 1 amide bonds. The zero-order chi connectivity index (χ0) is 12.1. The van der Waals surface area contributed by atoms with Crippen LogP contribution in [0.3, 0.4) is 0 Å². The quantitative estimate of drug-likeness (QED) is 0.838. The lowest BCUT2D eigenvalue weighted by molar-refractivity contribution is -0.130. The summed E-state index contributed by atoms with van der Waals surface area (Å²) in [5.41, 5.74) is 0.570. The van der Waals surface area contributed by atoms with Gasteiger partial charge in [0, 0.05) is 26.2 Å². The predicted molar refractivity (Wildman–Crippen MR) is 61.4 cm³/mol. The summed E-state index contributed by atoms with van der Waals surface area (Å²) in [7, 11) is 3.40. The van der Waals surface area contributed by atoms with Gasteiger partial charge in [-0.15, -0.1) is 0 Å². The Morgan fingerprint density at radius 3 is 2.62 bits per heavy atom. The van der Waals surface area contributed by atoms with Crippen molar-refractivity contribution in [2.24, 2.45) is 0 Å². The Morgan fingerprint density at radius 2 is 2.06 bits per heavy atom. The first kappa shape index (κ1) is 12.6. The van der Waals surface area contributed by atoms with Crippen molar-refractivity contribution in [1.82, 2.24) is 10.2 Å². The lowest BCUT2D eigenvalue weighted by Crippen LogP contribution is -2.41. The van der Waals surface area contributed by atoms with Gasteiger partial charge in [0.15, 0.2) is 0 Å². The van der Waals surface area contributed by atoms with Gasteiger partial charge in [-0.1, -0.05) is 18.2 Å². The highest BCUT2D eigenvalue weighted by Gasteiger charge is 2.14. The lowest BCUT2D eigenvalue weighted by atomic mass is 10.2. The van der Waals surface area contributed by atoms with E-state index in [0.717, 1.165) is 0 Å². The summed E-state index contributed by atoms with van der Waals surface area (Å²) >= 11 is 0. The van der Waals surface area contributed by atoms with Crippen LogP contribution in [0.15, 0.2) is 24.3 Å². The van der Waals surface area contributed by atoms with Crippen molar-refractivity contribution < 1.29 is 9.18 Å². The van der Waals surface area contributed by atoms with Crippen molar-refractivity contribution in [3.63, 3.8) is 0 Å². The predicted octanol–water partition coefficient (Wildman–Crippen LogP) is 1.39. The molecular formula is C12H17FN2O. The third-order valence-electron chi connectivity index (χ3n) is 2.37. The molecule has 0 unspecified atom stereocenters. The first-order valence-corrected chi connectivity index (χ1v) is 5.20. The van der Waals surface area contributed by atoms with E-state index in [1.807, 2.05) is 0 Å². The van der Waals surface area contributed by atoms with Gasteiger partial charge in [-0.2, -0.15) is 0 Å². The normalized spacial score (nSPS) is 12.2. The highest BCUT2D eigenvalue weighted by molar-refractivity contribution is 5.80. The molecule has 88 valence electrons. The zero-order valence-corrected chi connectivity index (χ0v) is 9.83. The molecule has 0 aliphatic carbocycles. The fraction of sp³-hybridized carbons (Fsp3) is 0.417. The van der Waals surface area contributed by atoms with Crippen molar-refractivity contribution in [2.75, 3.05) is 14.1 Å². The molecule has 1 aromatic carbocycles. The molecule has 3 nitrogen and oxygen atoms in total. The number of nitrogens with one attached hydrogen (secondary N) is 1. The van der Waals surface area contributed by atoms with Crippen molar-refractivity contribution in [1.29, 1.82) is 0 Å². The molecular weight excluding hydrogens is 207 g/mol. The minimum Gasteiger partial charge on any atom is -0.347 e. The maximum Gasteiger partial charge on any atom is 0.238 e. The average Bonchev–Trinajstić information content (AvgIpc) is 2.26. The Labute approximate surface area is 95.3 Å². The minimum atomic E-state index is -0.311. The summed E-state index contributed by atoms with van der Waals surface area (Å²) in [4.78, 5) is 13.0. The largest absolute Gasteiger partial charge is 0.347 e. The van der Waals surface area contributed by atoms with Gasteiger partial charge < -0.3 is 10.2 Å². The molecule has 0 saturated heterocycles. The molecule has 1 atom stereocenters. The molecule has 1 aromatic rings. The van der Waals surface area contributed by atoms with E-state index in [9.17, 15) is 9.18 Å². The molecule has 0 saturated carbocycles. The monoisotopic (exact) mass is 224 g/mol. The summed E-state index contributed by atoms with van der Waals surface area (Å²) in [5, 5.41) is 2.99. The molecule has 4 heteroatoms. The van der Waals surface area contributed by atoms with E-state index in [4.69, 9.17) is 0 Å². The number of carbonyl (C=O) groups is 1. The van der Waals surface area contributed by atoms with Crippen LogP contribution in [0, 0.1) is 5.82 Å². The molecule has 0 fully saturated rings. The van der Waals surface area contributed by atoms with Gasteiger partial charge in [0.2, 0.25) is 5.91 Å². The lowest BCUT2D eigenvalue weighted by Gasteiger charge is -2.18. The maximum absolute atomic E-state index is 13.3. The van der Waals surface area contributed by atoms with Crippen molar-refractivity contribution in [2.45, 2.75) is 19.5 Å². The standard InChI is InChI=1S/C12H17FN2O/c1-9(12(16)15(2)3)14-8-10-6-4-5-7-11(10)13/h4-7,9,14H,8H2,1-3H3/t9-/m1/s1. The van der Waals surface area contributed by atoms with Crippen LogP contribution in [0.4, 0.5) is 4.39 Å². The van der Waals surface area contributed by atoms with Crippen molar-refractivity contribution in [3.8, 4) is 0 Å². The van der Waals surface area contributed by atoms with Crippen LogP contribution in [-0.4, -0.2) is 30.9 Å². The second-order valence-electron chi connectivity index (χ2n) is 3.93. The molecule has 0 radical (unpaired) electrons. The molecule has 0 bridgehead atoms. The van der Waals surface area contributed by atoms with Crippen LogP contribution < -0.4 is 5.32 Å². The highest BCUT2D eigenvalue weighted by atomic mass is 19.1. The molecule has 16 heavy (non-hydrogen) atoms. The number of nitrogens with zero attached hydrogens (tertiary/aromatic N) is 1. The fourth-order valence-corrected chi connectivity index (χ4v) is 1.38. The Hall–Kier alpha value is -1.42. The summed E-state index contributed by atoms with van der Waals surface area (Å²) in [6.45, 7) is 2.12. The molecule has 0 aliphatic rings. The summed E-state index contributed by atoms with van der Waals surface area (Å²) in [6.07, 6.45) is 0. The molecule has 0 aromatic heterocycles. The molecule has 0 heterocycles. The van der Waals surface area contributed by atoms with Gasteiger partial charge in [0.25, 0.3) is 0 Å². The number of rotatable bonds is 4. The zero-order valence-electron chi connectivity index (χ0n) is 9.83. The number of hydrogen-bond acceptors (Lipinski definition) is 2. The molecule has 0 aliphatic heterocycles. The molecule has 1 rings (SSSR count). The van der Waals surface area contributed by atoms with Gasteiger partial charge in [0.1, 0.15) is 5.82 Å². The second-order valence-corrected chi connectivity index (χ2v) is 3.93. The van der Waals surface area contributed by atoms with Gasteiger partial charge in [-0.3, -0.25) is 4.79 Å². The fourth-order valence-electron chi connectivity index (χ4n) is 1.38. The third kappa shape index (κ3) is 3.31. The Bertz CT molecular complexity index is 366. The highest BCUT2D eigenvalue weighted by Crippen LogP contribution is 2.06. The van der Waals surface area contributed by atoms with E-state index < -0.39 is 0 Å². The number of likely N-dealkylation sites (N-methyl/N-ethyl adjacent to an activating group) is 1. The summed E-state index contributed by atoms with van der Waals surface area (Å²) in [5.74, 6) is -0.268. The Balaban J connectivity index is 2.52. The smallest absolute Gasteiger partial charge is 0.238 e. The summed E-state index contributed by atoms with van der Waals surface area (Å²) < 4.78 is 13.3. The number of halogens is 1. The van der Waals surface area contributed by atoms with Crippen LogP contribution in [0.25, 0.3) is 0 Å². The number of hydrogen-bond donors (Lipinski definition) is 1. The van der Waals surface area contributed by atoms with Crippen LogP contribution in [0.5, 0.6) is 0 Å². The average molecular weight is 224 g/mol. The van der Waals surface area contributed by atoms with E-state index in [2.05, 4.69) is 5.32 Å². The van der Waals surface area contributed by atoms with E-state index in [0.29, 0.717) is 12.1 Å². The minimum absolute atomic E-state index is 0.0173. The number of benzene rings is 1. The number of carbonyl (C=O) groups excluding carboxylic acids is 1. The van der Waals surface area contributed by atoms with E-state index >= 15 is 0 Å². The molecule has 1 N–H and O–H groups in total. The topological polar surface area (TPSA) is 32.3 Å². The van der Waals surface area contributed by atoms with Crippen LogP contribution in [0.2, 0.25) is 0 Å².